The minimum absolute atomic E-state index is 0.174. The molecule has 6 rings (SSSR count). The fourth-order valence-electron chi connectivity index (χ4n) is 3.82. The predicted octanol–water partition coefficient (Wildman–Crippen LogP) is 3.84. The second kappa shape index (κ2) is 7.33. The van der Waals surface area contributed by atoms with Crippen LogP contribution in [0.1, 0.15) is 24.0 Å². The predicted molar refractivity (Wildman–Crippen MR) is 97.8 cm³/mol. The summed E-state index contributed by atoms with van der Waals surface area (Å²) in [6.07, 6.45) is 4.53. The molecule has 0 saturated carbocycles. The van der Waals surface area contributed by atoms with Crippen LogP contribution in [0.15, 0.2) is 36.4 Å². The molecule has 2 fully saturated rings. The normalized spacial score (nSPS) is 29.2. The SMILES string of the molecule is Fc1ccc2c(c1)CCC([C@@H]1CO1)O2.Fc1ccc2c(c1)CCC([C@H]1CO1)O2. The van der Waals surface area contributed by atoms with E-state index >= 15 is 0 Å². The van der Waals surface area contributed by atoms with Crippen molar-refractivity contribution in [1.82, 2.24) is 0 Å². The van der Waals surface area contributed by atoms with E-state index in [9.17, 15) is 8.78 Å². The maximum Gasteiger partial charge on any atom is 0.127 e. The van der Waals surface area contributed by atoms with Crippen molar-refractivity contribution in [2.24, 2.45) is 0 Å². The molecule has 0 radical (unpaired) electrons. The lowest BCUT2D eigenvalue weighted by Crippen LogP contribution is -2.27. The summed E-state index contributed by atoms with van der Waals surface area (Å²) in [4.78, 5) is 0. The number of rotatable bonds is 2. The number of epoxide rings is 2. The zero-order valence-corrected chi connectivity index (χ0v) is 15.4. The smallest absolute Gasteiger partial charge is 0.127 e. The monoisotopic (exact) mass is 388 g/mol. The Labute approximate surface area is 162 Å². The Bertz CT molecular complexity index is 792. The molecule has 0 amide bonds. The number of fused-ring (bicyclic) bond motifs is 2. The molecule has 28 heavy (non-hydrogen) atoms. The minimum Gasteiger partial charge on any atom is -0.487 e. The molecule has 2 saturated heterocycles. The molecular weight excluding hydrogens is 366 g/mol. The average Bonchev–Trinajstić information content (AvgIpc) is 3.60. The van der Waals surface area contributed by atoms with E-state index in [1.54, 1.807) is 24.3 Å². The standard InChI is InChI=1S/2C11H11FO2/c2*12-8-2-4-9-7(5-8)1-3-10(14-9)11-6-13-11/h2*2,4-5,10-11H,1,3,6H2/t2*10?,11-/m10/s1. The number of hydrogen-bond acceptors (Lipinski definition) is 4. The first-order chi connectivity index (χ1) is 13.7. The van der Waals surface area contributed by atoms with E-state index in [4.69, 9.17) is 18.9 Å². The lowest BCUT2D eigenvalue weighted by atomic mass is 10.0. The van der Waals surface area contributed by atoms with Crippen LogP contribution in [0.2, 0.25) is 0 Å². The zero-order valence-electron chi connectivity index (χ0n) is 15.4. The molecule has 4 heterocycles. The number of halogens is 2. The summed E-state index contributed by atoms with van der Waals surface area (Å²) in [6.45, 7) is 1.61. The van der Waals surface area contributed by atoms with Crippen LogP contribution in [-0.2, 0) is 22.3 Å². The Balaban J connectivity index is 0.000000122. The van der Waals surface area contributed by atoms with Crippen LogP contribution in [0.5, 0.6) is 11.5 Å². The van der Waals surface area contributed by atoms with Crippen molar-refractivity contribution in [3.8, 4) is 11.5 Å². The number of benzene rings is 2. The van der Waals surface area contributed by atoms with Crippen LogP contribution in [0.3, 0.4) is 0 Å². The van der Waals surface area contributed by atoms with Crippen molar-refractivity contribution < 1.29 is 27.7 Å². The third-order valence-electron chi connectivity index (χ3n) is 5.55. The van der Waals surface area contributed by atoms with Gasteiger partial charge < -0.3 is 18.9 Å². The molecule has 0 bridgehead atoms. The quantitative estimate of drug-likeness (QED) is 0.734. The molecule has 4 aliphatic heterocycles. The van der Waals surface area contributed by atoms with Gasteiger partial charge >= 0.3 is 0 Å². The largest absolute Gasteiger partial charge is 0.487 e. The van der Waals surface area contributed by atoms with E-state index in [0.29, 0.717) is 0 Å². The fraction of sp³-hybridized carbons (Fsp3) is 0.455. The fourth-order valence-corrected chi connectivity index (χ4v) is 3.82. The first-order valence-electron chi connectivity index (χ1n) is 9.79. The van der Waals surface area contributed by atoms with E-state index in [1.165, 1.54) is 12.1 Å². The number of aryl methyl sites for hydroxylation is 2. The molecule has 2 aromatic carbocycles. The van der Waals surface area contributed by atoms with E-state index in [1.807, 2.05) is 0 Å². The highest BCUT2D eigenvalue weighted by Gasteiger charge is 2.37. The van der Waals surface area contributed by atoms with Gasteiger partial charge in [-0.2, -0.15) is 0 Å². The molecule has 2 unspecified atom stereocenters. The van der Waals surface area contributed by atoms with Gasteiger partial charge in [-0.1, -0.05) is 0 Å². The summed E-state index contributed by atoms with van der Waals surface area (Å²) in [6, 6.07) is 9.40. The molecule has 148 valence electrons. The second-order valence-electron chi connectivity index (χ2n) is 7.64. The van der Waals surface area contributed by atoms with E-state index in [2.05, 4.69) is 0 Å². The van der Waals surface area contributed by atoms with Gasteiger partial charge in [0.2, 0.25) is 0 Å². The van der Waals surface area contributed by atoms with Crippen LogP contribution in [0, 0.1) is 11.6 Å². The van der Waals surface area contributed by atoms with Crippen molar-refractivity contribution >= 4 is 0 Å². The van der Waals surface area contributed by atoms with Gasteiger partial charge in [-0.05, 0) is 73.2 Å². The van der Waals surface area contributed by atoms with Gasteiger partial charge in [-0.25, -0.2) is 8.78 Å². The Hall–Kier alpha value is -2.18. The lowest BCUT2D eigenvalue weighted by Gasteiger charge is -2.24. The topological polar surface area (TPSA) is 43.5 Å². The van der Waals surface area contributed by atoms with Crippen LogP contribution in [0.4, 0.5) is 8.78 Å². The maximum absolute atomic E-state index is 12.9. The summed E-state index contributed by atoms with van der Waals surface area (Å²) < 4.78 is 47.6. The Kier molecular flexibility index (Phi) is 4.69. The highest BCUT2D eigenvalue weighted by molar-refractivity contribution is 5.37. The first kappa shape index (κ1) is 17.9. The van der Waals surface area contributed by atoms with Crippen molar-refractivity contribution in [2.45, 2.75) is 50.1 Å². The Morgan fingerprint density at radius 3 is 1.46 bits per heavy atom. The molecule has 4 nitrogen and oxygen atoms in total. The second-order valence-corrected chi connectivity index (χ2v) is 7.64. The van der Waals surface area contributed by atoms with Crippen LogP contribution >= 0.6 is 0 Å². The van der Waals surface area contributed by atoms with Gasteiger partial charge in [-0.15, -0.1) is 0 Å². The molecule has 4 atom stereocenters. The number of ether oxygens (including phenoxy) is 4. The molecular formula is C22H22F2O4. The molecule has 0 aromatic heterocycles. The molecule has 0 aliphatic carbocycles. The average molecular weight is 388 g/mol. The highest BCUT2D eigenvalue weighted by Crippen LogP contribution is 2.33. The van der Waals surface area contributed by atoms with Crippen molar-refractivity contribution in [2.75, 3.05) is 13.2 Å². The molecule has 6 heteroatoms. The van der Waals surface area contributed by atoms with E-state index in [0.717, 1.165) is 61.5 Å². The van der Waals surface area contributed by atoms with Gasteiger partial charge in [0.05, 0.1) is 13.2 Å². The minimum atomic E-state index is -0.187. The molecule has 0 spiro atoms. The summed E-state index contributed by atoms with van der Waals surface area (Å²) in [5, 5.41) is 0. The summed E-state index contributed by atoms with van der Waals surface area (Å²) in [7, 11) is 0. The van der Waals surface area contributed by atoms with Crippen molar-refractivity contribution in [1.29, 1.82) is 0 Å². The first-order valence-corrected chi connectivity index (χ1v) is 9.79. The lowest BCUT2D eigenvalue weighted by molar-refractivity contribution is 0.136. The summed E-state index contributed by atoms with van der Waals surface area (Å²) >= 11 is 0. The summed E-state index contributed by atoms with van der Waals surface area (Å²) in [5.74, 6) is 1.26. The van der Waals surface area contributed by atoms with Crippen molar-refractivity contribution in [3.63, 3.8) is 0 Å². The third-order valence-corrected chi connectivity index (χ3v) is 5.55. The van der Waals surface area contributed by atoms with Crippen LogP contribution in [0.25, 0.3) is 0 Å². The maximum atomic E-state index is 12.9. The third kappa shape index (κ3) is 3.98. The molecule has 2 aromatic rings. The molecule has 0 N–H and O–H groups in total. The highest BCUT2D eigenvalue weighted by atomic mass is 19.1. The van der Waals surface area contributed by atoms with Gasteiger partial charge in [-0.3, -0.25) is 0 Å². The van der Waals surface area contributed by atoms with Crippen LogP contribution in [-0.4, -0.2) is 37.6 Å². The van der Waals surface area contributed by atoms with Gasteiger partial charge in [0, 0.05) is 0 Å². The van der Waals surface area contributed by atoms with Crippen LogP contribution < -0.4 is 9.47 Å². The van der Waals surface area contributed by atoms with Gasteiger partial charge in [0.1, 0.15) is 47.5 Å². The van der Waals surface area contributed by atoms with E-state index < -0.39 is 0 Å². The Morgan fingerprint density at radius 2 is 1.07 bits per heavy atom. The number of hydrogen-bond donors (Lipinski definition) is 0. The van der Waals surface area contributed by atoms with Gasteiger partial charge in [0.15, 0.2) is 0 Å². The zero-order chi connectivity index (χ0) is 19.1. The van der Waals surface area contributed by atoms with Gasteiger partial charge in [0.25, 0.3) is 0 Å². The van der Waals surface area contributed by atoms with E-state index in [-0.39, 0.29) is 36.1 Å². The van der Waals surface area contributed by atoms with Crippen molar-refractivity contribution in [3.05, 3.63) is 59.2 Å². The summed E-state index contributed by atoms with van der Waals surface area (Å²) in [5.41, 5.74) is 1.95. The molecule has 4 aliphatic rings. The Morgan fingerprint density at radius 1 is 0.643 bits per heavy atom.